The number of aliphatic hydroxyl groups excluding tert-OH is 1. The van der Waals surface area contributed by atoms with Crippen molar-refractivity contribution in [3.63, 3.8) is 0 Å². The molecule has 0 spiro atoms. The van der Waals surface area contributed by atoms with E-state index < -0.39 is 0 Å². The smallest absolute Gasteiger partial charge is 0.0987 e. The van der Waals surface area contributed by atoms with Gasteiger partial charge in [-0.15, -0.1) is 0 Å². The van der Waals surface area contributed by atoms with Gasteiger partial charge in [-0.1, -0.05) is 13.8 Å². The highest BCUT2D eigenvalue weighted by Crippen LogP contribution is 2.28. The predicted octanol–water partition coefficient (Wildman–Crippen LogP) is 2.75. The summed E-state index contributed by atoms with van der Waals surface area (Å²) in [4.78, 5) is 0. The Morgan fingerprint density at radius 1 is 1.53 bits per heavy atom. The van der Waals surface area contributed by atoms with E-state index in [4.69, 9.17) is 0 Å². The number of aliphatic hydroxyl groups is 1. The third-order valence-corrected chi connectivity index (χ3v) is 3.11. The number of nitrogens with one attached hydrogen (secondary N) is 1. The molecule has 2 rings (SSSR count). The molecule has 2 aromatic rings. The van der Waals surface area contributed by atoms with Crippen molar-refractivity contribution in [2.24, 2.45) is 0 Å². The van der Waals surface area contributed by atoms with Crippen molar-refractivity contribution in [1.82, 2.24) is 10.2 Å². The van der Waals surface area contributed by atoms with Crippen molar-refractivity contribution >= 4 is 11.3 Å². The molecule has 0 aliphatic carbocycles. The molecule has 0 amide bonds. The predicted molar refractivity (Wildman–Crippen MR) is 61.9 cm³/mol. The molecular formula is C11H14N2OS. The SMILES string of the molecule is CC(C)c1[nH]nc(-c2ccsc2)c1CO. The second kappa shape index (κ2) is 4.16. The minimum atomic E-state index is 0.0369. The Bertz CT molecular complexity index is 431. The summed E-state index contributed by atoms with van der Waals surface area (Å²) in [6.07, 6.45) is 0. The Morgan fingerprint density at radius 3 is 2.87 bits per heavy atom. The van der Waals surface area contributed by atoms with Gasteiger partial charge in [0.2, 0.25) is 0 Å². The van der Waals surface area contributed by atoms with Gasteiger partial charge in [-0.2, -0.15) is 16.4 Å². The lowest BCUT2D eigenvalue weighted by Gasteiger charge is -2.04. The van der Waals surface area contributed by atoms with Crippen LogP contribution in [0.5, 0.6) is 0 Å². The fourth-order valence-electron chi connectivity index (χ4n) is 1.65. The molecule has 2 aromatic heterocycles. The summed E-state index contributed by atoms with van der Waals surface area (Å²) < 4.78 is 0. The van der Waals surface area contributed by atoms with Crippen LogP contribution in [-0.2, 0) is 6.61 Å². The van der Waals surface area contributed by atoms with Gasteiger partial charge in [-0.3, -0.25) is 5.10 Å². The molecular weight excluding hydrogens is 208 g/mol. The molecule has 80 valence electrons. The van der Waals surface area contributed by atoms with E-state index in [1.807, 2.05) is 16.8 Å². The van der Waals surface area contributed by atoms with Crippen molar-refractivity contribution in [1.29, 1.82) is 0 Å². The standard InChI is InChI=1S/C11H14N2OS/c1-7(2)10-9(5-14)11(13-12-10)8-3-4-15-6-8/h3-4,6-7,14H,5H2,1-2H3,(H,12,13). The maximum absolute atomic E-state index is 9.38. The summed E-state index contributed by atoms with van der Waals surface area (Å²) in [6.45, 7) is 4.21. The van der Waals surface area contributed by atoms with Gasteiger partial charge >= 0.3 is 0 Å². The lowest BCUT2D eigenvalue weighted by atomic mass is 10.0. The van der Waals surface area contributed by atoms with E-state index >= 15 is 0 Å². The van der Waals surface area contributed by atoms with Crippen LogP contribution in [0.1, 0.15) is 31.0 Å². The fourth-order valence-corrected chi connectivity index (χ4v) is 2.29. The van der Waals surface area contributed by atoms with Gasteiger partial charge in [-0.25, -0.2) is 0 Å². The molecule has 0 radical (unpaired) electrons. The van der Waals surface area contributed by atoms with Crippen LogP contribution in [-0.4, -0.2) is 15.3 Å². The van der Waals surface area contributed by atoms with E-state index in [1.54, 1.807) is 11.3 Å². The van der Waals surface area contributed by atoms with Crippen LogP contribution in [0.2, 0.25) is 0 Å². The first-order chi connectivity index (χ1) is 7.24. The zero-order valence-corrected chi connectivity index (χ0v) is 9.64. The van der Waals surface area contributed by atoms with Crippen molar-refractivity contribution in [3.05, 3.63) is 28.1 Å². The maximum Gasteiger partial charge on any atom is 0.0987 e. The molecule has 0 aliphatic heterocycles. The average Bonchev–Trinajstić information content (AvgIpc) is 2.85. The van der Waals surface area contributed by atoms with Crippen LogP contribution in [0.25, 0.3) is 11.3 Å². The minimum Gasteiger partial charge on any atom is -0.392 e. The Morgan fingerprint density at radius 2 is 2.33 bits per heavy atom. The monoisotopic (exact) mass is 222 g/mol. The summed E-state index contributed by atoms with van der Waals surface area (Å²) in [5.41, 5.74) is 3.90. The molecule has 0 saturated carbocycles. The zero-order chi connectivity index (χ0) is 10.8. The van der Waals surface area contributed by atoms with Gasteiger partial charge in [0, 0.05) is 22.2 Å². The van der Waals surface area contributed by atoms with Crippen molar-refractivity contribution in [3.8, 4) is 11.3 Å². The minimum absolute atomic E-state index is 0.0369. The third kappa shape index (κ3) is 1.82. The molecule has 15 heavy (non-hydrogen) atoms. The zero-order valence-electron chi connectivity index (χ0n) is 8.82. The van der Waals surface area contributed by atoms with Crippen LogP contribution in [0.15, 0.2) is 16.8 Å². The number of rotatable bonds is 3. The molecule has 0 fully saturated rings. The average molecular weight is 222 g/mol. The Hall–Kier alpha value is -1.13. The number of H-pyrrole nitrogens is 1. The van der Waals surface area contributed by atoms with Crippen LogP contribution in [0.4, 0.5) is 0 Å². The van der Waals surface area contributed by atoms with Gasteiger partial charge in [0.25, 0.3) is 0 Å². The van der Waals surface area contributed by atoms with Gasteiger partial charge in [0.05, 0.1) is 12.3 Å². The quantitative estimate of drug-likeness (QED) is 0.839. The van der Waals surface area contributed by atoms with Crippen LogP contribution in [0, 0.1) is 0 Å². The molecule has 3 nitrogen and oxygen atoms in total. The lowest BCUT2D eigenvalue weighted by Crippen LogP contribution is -1.94. The third-order valence-electron chi connectivity index (χ3n) is 2.43. The molecule has 0 saturated heterocycles. The summed E-state index contributed by atoms with van der Waals surface area (Å²) in [5, 5.41) is 20.7. The molecule has 2 N–H and O–H groups in total. The molecule has 0 unspecified atom stereocenters. The van der Waals surface area contributed by atoms with E-state index in [1.165, 1.54) is 0 Å². The molecule has 0 aromatic carbocycles. The molecule has 0 aliphatic rings. The van der Waals surface area contributed by atoms with Gasteiger partial charge < -0.3 is 5.11 Å². The van der Waals surface area contributed by atoms with Crippen molar-refractivity contribution in [2.75, 3.05) is 0 Å². The highest BCUT2D eigenvalue weighted by atomic mass is 32.1. The van der Waals surface area contributed by atoms with Crippen LogP contribution >= 0.6 is 11.3 Å². The number of aromatic amines is 1. The Balaban J connectivity index is 2.49. The largest absolute Gasteiger partial charge is 0.392 e. The van der Waals surface area contributed by atoms with Crippen molar-refractivity contribution < 1.29 is 5.11 Å². The summed E-state index contributed by atoms with van der Waals surface area (Å²) in [7, 11) is 0. The summed E-state index contributed by atoms with van der Waals surface area (Å²) in [6, 6.07) is 2.02. The number of aromatic nitrogens is 2. The highest BCUT2D eigenvalue weighted by Gasteiger charge is 2.16. The van der Waals surface area contributed by atoms with Crippen molar-refractivity contribution in [2.45, 2.75) is 26.4 Å². The van der Waals surface area contributed by atoms with E-state index in [-0.39, 0.29) is 6.61 Å². The lowest BCUT2D eigenvalue weighted by molar-refractivity contribution is 0.280. The van der Waals surface area contributed by atoms with Gasteiger partial charge in [0.1, 0.15) is 0 Å². The van der Waals surface area contributed by atoms with Gasteiger partial charge in [0.15, 0.2) is 0 Å². The molecule has 2 heterocycles. The first-order valence-corrected chi connectivity index (χ1v) is 5.89. The molecule has 4 heteroatoms. The summed E-state index contributed by atoms with van der Waals surface area (Å²) in [5.74, 6) is 0.354. The summed E-state index contributed by atoms with van der Waals surface area (Å²) >= 11 is 1.64. The van der Waals surface area contributed by atoms with Crippen LogP contribution < -0.4 is 0 Å². The topological polar surface area (TPSA) is 48.9 Å². The van der Waals surface area contributed by atoms with E-state index in [2.05, 4.69) is 24.0 Å². The van der Waals surface area contributed by atoms with Gasteiger partial charge in [-0.05, 0) is 17.4 Å². The number of hydrogen-bond acceptors (Lipinski definition) is 3. The van der Waals surface area contributed by atoms with Crippen LogP contribution in [0.3, 0.4) is 0 Å². The Kier molecular flexibility index (Phi) is 2.88. The maximum atomic E-state index is 9.38. The highest BCUT2D eigenvalue weighted by molar-refractivity contribution is 7.08. The fraction of sp³-hybridized carbons (Fsp3) is 0.364. The van der Waals surface area contributed by atoms with E-state index in [0.29, 0.717) is 5.92 Å². The number of hydrogen-bond donors (Lipinski definition) is 2. The normalized spacial score (nSPS) is 11.2. The Labute approximate surface area is 92.8 Å². The first kappa shape index (κ1) is 10.4. The van der Waals surface area contributed by atoms with E-state index in [0.717, 1.165) is 22.5 Å². The van der Waals surface area contributed by atoms with E-state index in [9.17, 15) is 5.11 Å². The second-order valence-electron chi connectivity index (χ2n) is 3.79. The molecule has 0 atom stereocenters. The first-order valence-electron chi connectivity index (χ1n) is 4.94. The second-order valence-corrected chi connectivity index (χ2v) is 4.57. The number of thiophene rings is 1. The molecule has 0 bridgehead atoms. The number of nitrogens with zero attached hydrogens (tertiary/aromatic N) is 1.